The van der Waals surface area contributed by atoms with E-state index in [0.29, 0.717) is 6.61 Å². The molecule has 1 rings (SSSR count). The number of hydrogen-bond acceptors (Lipinski definition) is 2. The molecule has 1 aliphatic carbocycles. The van der Waals surface area contributed by atoms with Crippen molar-refractivity contribution in [3.05, 3.63) is 0 Å². The molecule has 5 heteroatoms. The van der Waals surface area contributed by atoms with E-state index in [9.17, 15) is 13.2 Å². The van der Waals surface area contributed by atoms with Crippen molar-refractivity contribution in [2.24, 2.45) is 0 Å². The van der Waals surface area contributed by atoms with Gasteiger partial charge in [-0.2, -0.15) is 13.2 Å². The van der Waals surface area contributed by atoms with Crippen LogP contribution in [0, 0.1) is 0 Å². The van der Waals surface area contributed by atoms with E-state index < -0.39 is 12.6 Å². The van der Waals surface area contributed by atoms with Gasteiger partial charge in [0.2, 0.25) is 0 Å². The monoisotopic (exact) mass is 267 g/mol. The van der Waals surface area contributed by atoms with Crippen molar-refractivity contribution in [2.45, 2.75) is 63.6 Å². The Morgan fingerprint density at radius 2 is 1.61 bits per heavy atom. The predicted octanol–water partition coefficient (Wildman–Crippen LogP) is 3.66. The van der Waals surface area contributed by atoms with Crippen molar-refractivity contribution in [1.82, 2.24) is 5.32 Å². The molecule has 0 spiro atoms. The summed E-state index contributed by atoms with van der Waals surface area (Å²) in [5, 5.41) is 3.45. The molecule has 0 aliphatic heterocycles. The quantitative estimate of drug-likeness (QED) is 0.577. The van der Waals surface area contributed by atoms with E-state index in [2.05, 4.69) is 5.32 Å². The van der Waals surface area contributed by atoms with Gasteiger partial charge in [0, 0.05) is 25.7 Å². The van der Waals surface area contributed by atoms with E-state index in [4.69, 9.17) is 4.74 Å². The van der Waals surface area contributed by atoms with Crippen LogP contribution in [0.2, 0.25) is 0 Å². The maximum atomic E-state index is 11.8. The lowest BCUT2D eigenvalue weighted by molar-refractivity contribution is -0.137. The maximum absolute atomic E-state index is 11.8. The van der Waals surface area contributed by atoms with Crippen LogP contribution in [0.4, 0.5) is 13.2 Å². The van der Waals surface area contributed by atoms with Crippen molar-refractivity contribution in [2.75, 3.05) is 19.8 Å². The fourth-order valence-electron chi connectivity index (χ4n) is 1.75. The summed E-state index contributed by atoms with van der Waals surface area (Å²) in [5.41, 5.74) is 0. The van der Waals surface area contributed by atoms with Gasteiger partial charge in [-0.3, -0.25) is 0 Å². The van der Waals surface area contributed by atoms with Gasteiger partial charge in [0.1, 0.15) is 0 Å². The lowest BCUT2D eigenvalue weighted by Crippen LogP contribution is -2.17. The topological polar surface area (TPSA) is 21.3 Å². The molecule has 108 valence electrons. The van der Waals surface area contributed by atoms with Crippen LogP contribution in [0.1, 0.15) is 51.4 Å². The van der Waals surface area contributed by atoms with Crippen LogP contribution in [0.3, 0.4) is 0 Å². The van der Waals surface area contributed by atoms with Gasteiger partial charge >= 0.3 is 6.18 Å². The minimum Gasteiger partial charge on any atom is -0.381 e. The standard InChI is InChI=1S/C13H24F3NO/c14-13(15,16)8-5-11-18-10-4-2-1-3-9-17-12-6-7-12/h12,17H,1-11H2. The summed E-state index contributed by atoms with van der Waals surface area (Å²) in [6.45, 7) is 1.91. The number of alkyl halides is 3. The Balaban J connectivity index is 1.67. The van der Waals surface area contributed by atoms with Gasteiger partial charge in [0.25, 0.3) is 0 Å². The van der Waals surface area contributed by atoms with Crippen LogP contribution in [0.25, 0.3) is 0 Å². The molecule has 0 atom stereocenters. The molecular formula is C13H24F3NO. The normalized spacial score (nSPS) is 16.2. The third-order valence-electron chi connectivity index (χ3n) is 2.97. The van der Waals surface area contributed by atoms with Gasteiger partial charge < -0.3 is 10.1 Å². The second kappa shape index (κ2) is 8.75. The average molecular weight is 267 g/mol. The number of hydrogen-bond donors (Lipinski definition) is 1. The van der Waals surface area contributed by atoms with Gasteiger partial charge in [0.15, 0.2) is 0 Å². The number of rotatable bonds is 11. The van der Waals surface area contributed by atoms with Gasteiger partial charge in [-0.1, -0.05) is 12.8 Å². The van der Waals surface area contributed by atoms with Crippen LogP contribution in [0.5, 0.6) is 0 Å². The second-order valence-corrected chi connectivity index (χ2v) is 4.97. The Kier molecular flexibility index (Phi) is 7.66. The van der Waals surface area contributed by atoms with E-state index in [1.807, 2.05) is 0 Å². The zero-order valence-electron chi connectivity index (χ0n) is 10.9. The fraction of sp³-hybridized carbons (Fsp3) is 1.00. The zero-order chi connectivity index (χ0) is 13.3. The summed E-state index contributed by atoms with van der Waals surface area (Å²) >= 11 is 0. The highest BCUT2D eigenvalue weighted by Crippen LogP contribution is 2.21. The van der Waals surface area contributed by atoms with Gasteiger partial charge in [-0.25, -0.2) is 0 Å². The fourth-order valence-corrected chi connectivity index (χ4v) is 1.75. The van der Waals surface area contributed by atoms with E-state index in [-0.39, 0.29) is 13.0 Å². The highest BCUT2D eigenvalue weighted by molar-refractivity contribution is 4.80. The molecule has 18 heavy (non-hydrogen) atoms. The summed E-state index contributed by atoms with van der Waals surface area (Å²) in [5.74, 6) is 0. The Morgan fingerprint density at radius 3 is 2.28 bits per heavy atom. The smallest absolute Gasteiger partial charge is 0.381 e. The highest BCUT2D eigenvalue weighted by Gasteiger charge is 2.25. The predicted molar refractivity (Wildman–Crippen MR) is 65.6 cm³/mol. The Hall–Kier alpha value is -0.290. The Bertz CT molecular complexity index is 205. The third kappa shape index (κ3) is 10.8. The minimum atomic E-state index is -4.04. The van der Waals surface area contributed by atoms with Crippen LogP contribution < -0.4 is 5.32 Å². The molecular weight excluding hydrogens is 243 g/mol. The molecule has 1 aliphatic rings. The molecule has 0 amide bonds. The molecule has 0 heterocycles. The molecule has 0 unspecified atom stereocenters. The van der Waals surface area contributed by atoms with Crippen molar-refractivity contribution >= 4 is 0 Å². The summed E-state index contributed by atoms with van der Waals surface area (Å²) in [4.78, 5) is 0. The first-order valence-corrected chi connectivity index (χ1v) is 6.96. The maximum Gasteiger partial charge on any atom is 0.389 e. The first kappa shape index (κ1) is 15.8. The summed E-state index contributed by atoms with van der Waals surface area (Å²) in [7, 11) is 0. The third-order valence-corrected chi connectivity index (χ3v) is 2.97. The molecule has 1 fully saturated rings. The molecule has 1 N–H and O–H groups in total. The van der Waals surface area contributed by atoms with Crippen LogP contribution >= 0.6 is 0 Å². The number of unbranched alkanes of at least 4 members (excludes halogenated alkanes) is 3. The van der Waals surface area contributed by atoms with Crippen LogP contribution in [-0.4, -0.2) is 32.0 Å². The summed E-state index contributed by atoms with van der Waals surface area (Å²) in [6, 6.07) is 0.780. The SMILES string of the molecule is FC(F)(F)CCCOCCCCCCNC1CC1. The van der Waals surface area contributed by atoms with Gasteiger partial charge in [-0.15, -0.1) is 0 Å². The molecule has 0 aromatic heterocycles. The lowest BCUT2D eigenvalue weighted by atomic mass is 10.2. The molecule has 2 nitrogen and oxygen atoms in total. The molecule has 0 radical (unpaired) electrons. The zero-order valence-corrected chi connectivity index (χ0v) is 10.9. The number of halogens is 3. The van der Waals surface area contributed by atoms with E-state index in [1.54, 1.807) is 0 Å². The minimum absolute atomic E-state index is 0.0782. The molecule has 0 bridgehead atoms. The first-order valence-electron chi connectivity index (χ1n) is 6.96. The average Bonchev–Trinajstić information content (AvgIpc) is 3.08. The largest absolute Gasteiger partial charge is 0.389 e. The van der Waals surface area contributed by atoms with Crippen LogP contribution in [0.15, 0.2) is 0 Å². The van der Waals surface area contributed by atoms with Crippen LogP contribution in [-0.2, 0) is 4.74 Å². The van der Waals surface area contributed by atoms with Crippen molar-refractivity contribution in [3.63, 3.8) is 0 Å². The van der Waals surface area contributed by atoms with E-state index in [1.165, 1.54) is 25.7 Å². The van der Waals surface area contributed by atoms with Gasteiger partial charge in [0.05, 0.1) is 0 Å². The van der Waals surface area contributed by atoms with Crippen molar-refractivity contribution in [1.29, 1.82) is 0 Å². The first-order chi connectivity index (χ1) is 8.58. The van der Waals surface area contributed by atoms with Crippen molar-refractivity contribution < 1.29 is 17.9 Å². The van der Waals surface area contributed by atoms with E-state index in [0.717, 1.165) is 25.4 Å². The van der Waals surface area contributed by atoms with Crippen molar-refractivity contribution in [3.8, 4) is 0 Å². The number of nitrogens with one attached hydrogen (secondary N) is 1. The molecule has 0 aromatic carbocycles. The Morgan fingerprint density at radius 1 is 0.944 bits per heavy atom. The second-order valence-electron chi connectivity index (χ2n) is 4.97. The van der Waals surface area contributed by atoms with Gasteiger partial charge in [-0.05, 0) is 38.6 Å². The Labute approximate surface area is 107 Å². The molecule has 0 aromatic rings. The highest BCUT2D eigenvalue weighted by atomic mass is 19.4. The summed E-state index contributed by atoms with van der Waals surface area (Å²) in [6.07, 6.45) is 2.36. The molecule has 0 saturated heterocycles. The molecule has 1 saturated carbocycles. The summed E-state index contributed by atoms with van der Waals surface area (Å²) < 4.78 is 40.6. The number of ether oxygens (including phenoxy) is 1. The van der Waals surface area contributed by atoms with E-state index >= 15 is 0 Å². The lowest BCUT2D eigenvalue weighted by Gasteiger charge is -2.07.